The van der Waals surface area contributed by atoms with Crippen LogP contribution in [0.25, 0.3) is 0 Å². The van der Waals surface area contributed by atoms with Crippen LogP contribution in [0, 0.1) is 11.8 Å². The molecule has 1 aliphatic carbocycles. The first-order chi connectivity index (χ1) is 12.3. The van der Waals surface area contributed by atoms with Gasteiger partial charge in [0.05, 0.1) is 11.6 Å². The van der Waals surface area contributed by atoms with E-state index in [1.807, 2.05) is 12.1 Å². The zero-order chi connectivity index (χ0) is 18.8. The van der Waals surface area contributed by atoms with Crippen LogP contribution in [0.1, 0.15) is 51.6 Å². The topological polar surface area (TPSA) is 67.4 Å². The highest BCUT2D eigenvalue weighted by Crippen LogP contribution is 2.33. The number of carbonyl (C=O) groups is 2. The van der Waals surface area contributed by atoms with E-state index in [4.69, 9.17) is 16.3 Å². The molecule has 1 fully saturated rings. The molecule has 1 aromatic carbocycles. The van der Waals surface area contributed by atoms with Crippen LogP contribution in [-0.2, 0) is 9.53 Å². The minimum atomic E-state index is -0.548. The van der Waals surface area contributed by atoms with Gasteiger partial charge in [0, 0.05) is 10.7 Å². The van der Waals surface area contributed by atoms with Crippen molar-refractivity contribution in [3.8, 4) is 0 Å². The monoisotopic (exact) mass is 376 g/mol. The average Bonchev–Trinajstić information content (AvgIpc) is 2.58. The van der Waals surface area contributed by atoms with E-state index >= 15 is 0 Å². The van der Waals surface area contributed by atoms with Crippen molar-refractivity contribution in [1.29, 1.82) is 0 Å². The maximum absolute atomic E-state index is 12.9. The van der Waals surface area contributed by atoms with Crippen molar-refractivity contribution in [1.82, 2.24) is 10.6 Å². The minimum absolute atomic E-state index is 0.0718. The van der Waals surface area contributed by atoms with Gasteiger partial charge < -0.3 is 15.4 Å². The molecule has 0 aromatic heterocycles. The molecule has 5 nitrogen and oxygen atoms in total. The standard InChI is InChI=1S/C20H25ClN2O3/c1-11-4-9-16(10-12(11)2)26-19(24)17-13(3)22-20(25)23-18(17)14-5-7-15(21)8-6-14/h5-8,11-12,16,18H,4,9-10H2,1-3H3,(H2,22,23,25)/t11-,12+,16+,18-/m0/s1. The first-order valence-electron chi connectivity index (χ1n) is 9.10. The van der Waals surface area contributed by atoms with Crippen LogP contribution < -0.4 is 10.6 Å². The number of ether oxygens (including phenoxy) is 1. The van der Waals surface area contributed by atoms with Gasteiger partial charge in [-0.05, 0) is 55.7 Å². The molecular formula is C20H25ClN2O3. The molecule has 1 heterocycles. The van der Waals surface area contributed by atoms with E-state index in [-0.39, 0.29) is 18.1 Å². The lowest BCUT2D eigenvalue weighted by molar-refractivity contribution is -0.147. The van der Waals surface area contributed by atoms with E-state index in [9.17, 15) is 9.59 Å². The van der Waals surface area contributed by atoms with Crippen molar-refractivity contribution in [2.75, 3.05) is 0 Å². The Labute approximate surface area is 159 Å². The van der Waals surface area contributed by atoms with Crippen LogP contribution in [-0.4, -0.2) is 18.1 Å². The number of halogens is 1. The second kappa shape index (κ2) is 7.70. The maximum Gasteiger partial charge on any atom is 0.338 e. The van der Waals surface area contributed by atoms with Gasteiger partial charge in [0.2, 0.25) is 0 Å². The Balaban J connectivity index is 1.82. The van der Waals surface area contributed by atoms with Gasteiger partial charge in [0.15, 0.2) is 0 Å². The Bertz CT molecular complexity index is 729. The van der Waals surface area contributed by atoms with E-state index in [1.54, 1.807) is 19.1 Å². The molecule has 2 aliphatic rings. The third kappa shape index (κ3) is 4.04. The lowest BCUT2D eigenvalue weighted by Crippen LogP contribution is -2.45. The third-order valence-corrected chi connectivity index (χ3v) is 5.77. The van der Waals surface area contributed by atoms with Gasteiger partial charge in [-0.15, -0.1) is 0 Å². The number of esters is 1. The zero-order valence-electron chi connectivity index (χ0n) is 15.3. The molecule has 0 spiro atoms. The van der Waals surface area contributed by atoms with Gasteiger partial charge in [-0.1, -0.05) is 37.6 Å². The third-order valence-electron chi connectivity index (χ3n) is 5.52. The molecule has 6 heteroatoms. The summed E-state index contributed by atoms with van der Waals surface area (Å²) in [6.45, 7) is 6.17. The first kappa shape index (κ1) is 18.8. The number of rotatable bonds is 3. The fraction of sp³-hybridized carbons (Fsp3) is 0.500. The molecule has 26 heavy (non-hydrogen) atoms. The highest BCUT2D eigenvalue weighted by molar-refractivity contribution is 6.30. The van der Waals surface area contributed by atoms with Gasteiger partial charge in [0.25, 0.3) is 0 Å². The number of allylic oxidation sites excluding steroid dienone is 1. The quantitative estimate of drug-likeness (QED) is 0.771. The summed E-state index contributed by atoms with van der Waals surface area (Å²) in [5.74, 6) is 0.818. The molecule has 0 unspecified atom stereocenters. The normalized spacial score (nSPS) is 29.0. The van der Waals surface area contributed by atoms with Crippen molar-refractivity contribution < 1.29 is 14.3 Å². The van der Waals surface area contributed by atoms with E-state index in [0.717, 1.165) is 24.8 Å². The van der Waals surface area contributed by atoms with Crippen molar-refractivity contribution in [3.63, 3.8) is 0 Å². The number of amides is 2. The summed E-state index contributed by atoms with van der Waals surface area (Å²) in [7, 11) is 0. The number of hydrogen-bond acceptors (Lipinski definition) is 3. The highest BCUT2D eigenvalue weighted by atomic mass is 35.5. The summed E-state index contributed by atoms with van der Waals surface area (Å²) >= 11 is 5.96. The molecule has 3 rings (SSSR count). The average molecular weight is 377 g/mol. The van der Waals surface area contributed by atoms with Gasteiger partial charge in [0.1, 0.15) is 6.10 Å². The summed E-state index contributed by atoms with van der Waals surface area (Å²) in [4.78, 5) is 24.9. The van der Waals surface area contributed by atoms with Crippen LogP contribution >= 0.6 is 11.6 Å². The van der Waals surface area contributed by atoms with Crippen LogP contribution in [0.4, 0.5) is 4.79 Å². The van der Waals surface area contributed by atoms with Crippen LogP contribution in [0.15, 0.2) is 35.5 Å². The number of nitrogens with one attached hydrogen (secondary N) is 2. The van der Waals surface area contributed by atoms with Gasteiger partial charge in [-0.25, -0.2) is 9.59 Å². The highest BCUT2D eigenvalue weighted by Gasteiger charge is 2.34. The summed E-state index contributed by atoms with van der Waals surface area (Å²) in [6.07, 6.45) is 2.75. The summed E-state index contributed by atoms with van der Waals surface area (Å²) in [5.41, 5.74) is 1.76. The Morgan fingerprint density at radius 2 is 1.85 bits per heavy atom. The van der Waals surface area contributed by atoms with E-state index < -0.39 is 6.04 Å². The molecule has 1 aliphatic heterocycles. The smallest absolute Gasteiger partial charge is 0.338 e. The molecule has 0 saturated heterocycles. The fourth-order valence-electron chi connectivity index (χ4n) is 3.69. The summed E-state index contributed by atoms with van der Waals surface area (Å²) in [6, 6.07) is 6.22. The first-order valence-corrected chi connectivity index (χ1v) is 9.47. The molecule has 140 valence electrons. The molecule has 1 aromatic rings. The molecule has 0 radical (unpaired) electrons. The Kier molecular flexibility index (Phi) is 5.56. The maximum atomic E-state index is 12.9. The largest absolute Gasteiger partial charge is 0.459 e. The Hall–Kier alpha value is -2.01. The lowest BCUT2D eigenvalue weighted by Gasteiger charge is -2.33. The predicted octanol–water partition coefficient (Wildman–Crippen LogP) is 4.34. The predicted molar refractivity (Wildman–Crippen MR) is 101 cm³/mol. The molecule has 2 N–H and O–H groups in total. The van der Waals surface area contributed by atoms with Gasteiger partial charge >= 0.3 is 12.0 Å². The van der Waals surface area contributed by atoms with E-state index in [0.29, 0.717) is 28.1 Å². The van der Waals surface area contributed by atoms with Crippen molar-refractivity contribution in [3.05, 3.63) is 46.1 Å². The fourth-order valence-corrected chi connectivity index (χ4v) is 3.82. The van der Waals surface area contributed by atoms with Crippen molar-refractivity contribution in [2.24, 2.45) is 11.8 Å². The lowest BCUT2D eigenvalue weighted by atomic mass is 9.80. The summed E-state index contributed by atoms with van der Waals surface area (Å²) in [5, 5.41) is 6.09. The van der Waals surface area contributed by atoms with Crippen molar-refractivity contribution >= 4 is 23.6 Å². The molecule has 2 amide bonds. The van der Waals surface area contributed by atoms with Crippen LogP contribution in [0.5, 0.6) is 0 Å². The number of benzene rings is 1. The van der Waals surface area contributed by atoms with Crippen molar-refractivity contribution in [2.45, 2.75) is 52.2 Å². The number of urea groups is 1. The second-order valence-electron chi connectivity index (χ2n) is 7.42. The number of carbonyl (C=O) groups excluding carboxylic acids is 2. The van der Waals surface area contributed by atoms with Crippen LogP contribution in [0.3, 0.4) is 0 Å². The second-order valence-corrected chi connectivity index (χ2v) is 7.85. The molecule has 4 atom stereocenters. The van der Waals surface area contributed by atoms with E-state index in [2.05, 4.69) is 24.5 Å². The van der Waals surface area contributed by atoms with Gasteiger partial charge in [-0.2, -0.15) is 0 Å². The van der Waals surface area contributed by atoms with Crippen LogP contribution in [0.2, 0.25) is 5.02 Å². The zero-order valence-corrected chi connectivity index (χ0v) is 16.1. The summed E-state index contributed by atoms with van der Waals surface area (Å²) < 4.78 is 5.82. The molecule has 0 bridgehead atoms. The molecular weight excluding hydrogens is 352 g/mol. The Morgan fingerprint density at radius 3 is 2.50 bits per heavy atom. The number of hydrogen-bond donors (Lipinski definition) is 2. The Morgan fingerprint density at radius 1 is 1.15 bits per heavy atom. The SMILES string of the molecule is CC1=C(C(=O)O[C@@H]2CC[C@H](C)[C@H](C)C2)[C@H](c2ccc(Cl)cc2)NC(=O)N1. The van der Waals surface area contributed by atoms with Gasteiger partial charge in [-0.3, -0.25) is 0 Å². The van der Waals surface area contributed by atoms with E-state index in [1.165, 1.54) is 0 Å². The molecule has 1 saturated carbocycles. The minimum Gasteiger partial charge on any atom is -0.459 e.